The van der Waals surface area contributed by atoms with Gasteiger partial charge in [0.25, 0.3) is 0 Å². The fourth-order valence-corrected chi connectivity index (χ4v) is 4.31. The van der Waals surface area contributed by atoms with Crippen molar-refractivity contribution in [2.24, 2.45) is 0 Å². The summed E-state index contributed by atoms with van der Waals surface area (Å²) >= 11 is 0. The Morgan fingerprint density at radius 3 is 2.55 bits per heavy atom. The Bertz CT molecular complexity index is 1250. The molecule has 0 bridgehead atoms. The van der Waals surface area contributed by atoms with E-state index in [1.165, 1.54) is 0 Å². The SMILES string of the molecule is COc1ccc(NC(=O)CC(c2cccc3ccccc23)n2cccc2)cc1C1NNNN1. The number of amides is 1. The molecule has 5 N–H and O–H groups in total. The third kappa shape index (κ3) is 4.46. The maximum Gasteiger partial charge on any atom is 0.226 e. The molecule has 168 valence electrons. The van der Waals surface area contributed by atoms with Crippen LogP contribution in [0.25, 0.3) is 10.8 Å². The number of aromatic nitrogens is 1. The van der Waals surface area contributed by atoms with Gasteiger partial charge in [-0.15, -0.1) is 0 Å². The maximum atomic E-state index is 13.2. The number of benzene rings is 3. The molecule has 0 aliphatic carbocycles. The molecule has 8 heteroatoms. The molecule has 1 unspecified atom stereocenters. The molecular weight excluding hydrogens is 416 g/mol. The number of hydrogen-bond acceptors (Lipinski definition) is 6. The van der Waals surface area contributed by atoms with E-state index in [2.05, 4.69) is 56.1 Å². The molecule has 1 atom stereocenters. The predicted octanol–water partition coefficient (Wildman–Crippen LogP) is 3.38. The summed E-state index contributed by atoms with van der Waals surface area (Å²) < 4.78 is 7.57. The number of carbonyl (C=O) groups excluding carboxylic acids is 1. The zero-order valence-corrected chi connectivity index (χ0v) is 18.2. The molecule has 1 amide bonds. The van der Waals surface area contributed by atoms with Gasteiger partial charge in [0.1, 0.15) is 11.9 Å². The van der Waals surface area contributed by atoms with Gasteiger partial charge in [0, 0.05) is 23.6 Å². The molecule has 1 aliphatic rings. The Balaban J connectivity index is 1.42. The van der Waals surface area contributed by atoms with Crippen LogP contribution in [0.15, 0.2) is 85.2 Å². The van der Waals surface area contributed by atoms with E-state index in [0.717, 1.165) is 21.9 Å². The largest absolute Gasteiger partial charge is 0.496 e. The van der Waals surface area contributed by atoms with E-state index in [-0.39, 0.29) is 18.1 Å². The van der Waals surface area contributed by atoms with Gasteiger partial charge in [0.15, 0.2) is 0 Å². The number of carbonyl (C=O) groups is 1. The van der Waals surface area contributed by atoms with E-state index in [0.29, 0.717) is 17.9 Å². The van der Waals surface area contributed by atoms with E-state index >= 15 is 0 Å². The Morgan fingerprint density at radius 2 is 1.76 bits per heavy atom. The molecule has 1 fully saturated rings. The molecule has 4 aromatic rings. The highest BCUT2D eigenvalue weighted by Crippen LogP contribution is 2.31. The van der Waals surface area contributed by atoms with Gasteiger partial charge in [0.05, 0.1) is 19.6 Å². The summed E-state index contributed by atoms with van der Waals surface area (Å²) in [4.78, 5) is 13.2. The van der Waals surface area contributed by atoms with Crippen molar-refractivity contribution < 1.29 is 9.53 Å². The Kier molecular flexibility index (Phi) is 6.05. The zero-order chi connectivity index (χ0) is 22.6. The van der Waals surface area contributed by atoms with Gasteiger partial charge < -0.3 is 14.6 Å². The fraction of sp³-hybridized carbons (Fsp3) is 0.160. The standard InChI is InChI=1S/C25H26N6O2/c1-33-23-12-11-18(15-21(23)25-27-29-30-28-25)26-24(32)16-22(31-13-4-5-14-31)20-10-6-8-17-7-2-3-9-19(17)20/h2-15,22,25,27-30H,16H2,1H3,(H,26,32). The summed E-state index contributed by atoms with van der Waals surface area (Å²) in [7, 11) is 1.62. The van der Waals surface area contributed by atoms with Gasteiger partial charge in [-0.1, -0.05) is 42.5 Å². The Labute approximate surface area is 191 Å². The monoisotopic (exact) mass is 442 g/mol. The van der Waals surface area contributed by atoms with Gasteiger partial charge in [-0.2, -0.15) is 11.1 Å². The number of nitrogens with one attached hydrogen (secondary N) is 5. The molecule has 8 nitrogen and oxygen atoms in total. The highest BCUT2D eigenvalue weighted by Gasteiger charge is 2.22. The number of methoxy groups -OCH3 is 1. The zero-order valence-electron chi connectivity index (χ0n) is 18.2. The molecule has 1 saturated heterocycles. The van der Waals surface area contributed by atoms with Crippen molar-refractivity contribution in [2.45, 2.75) is 18.6 Å². The first-order chi connectivity index (χ1) is 16.2. The first-order valence-electron chi connectivity index (χ1n) is 10.8. The first-order valence-corrected chi connectivity index (χ1v) is 10.8. The highest BCUT2D eigenvalue weighted by atomic mass is 16.5. The number of rotatable bonds is 7. The van der Waals surface area contributed by atoms with E-state index in [1.54, 1.807) is 7.11 Å². The van der Waals surface area contributed by atoms with Crippen molar-refractivity contribution in [1.29, 1.82) is 0 Å². The summed E-state index contributed by atoms with van der Waals surface area (Å²) in [6, 6.07) is 23.9. The van der Waals surface area contributed by atoms with E-state index in [9.17, 15) is 4.79 Å². The lowest BCUT2D eigenvalue weighted by molar-refractivity contribution is -0.116. The molecule has 1 aromatic heterocycles. The molecule has 3 aromatic carbocycles. The van der Waals surface area contributed by atoms with Gasteiger partial charge in [-0.05, 0) is 46.7 Å². The average Bonchev–Trinajstić information content (AvgIpc) is 3.57. The van der Waals surface area contributed by atoms with E-state index < -0.39 is 0 Å². The minimum atomic E-state index is -0.208. The average molecular weight is 443 g/mol. The van der Waals surface area contributed by atoms with Crippen LogP contribution in [0.2, 0.25) is 0 Å². The lowest BCUT2D eigenvalue weighted by Gasteiger charge is -2.21. The van der Waals surface area contributed by atoms with Gasteiger partial charge in [-0.3, -0.25) is 4.79 Å². The van der Waals surface area contributed by atoms with Crippen LogP contribution in [0.4, 0.5) is 5.69 Å². The van der Waals surface area contributed by atoms with Crippen molar-refractivity contribution in [3.8, 4) is 5.75 Å². The molecule has 0 spiro atoms. The second-order valence-corrected chi connectivity index (χ2v) is 7.90. The van der Waals surface area contributed by atoms with Crippen molar-refractivity contribution >= 4 is 22.4 Å². The van der Waals surface area contributed by atoms with Crippen molar-refractivity contribution in [1.82, 2.24) is 26.5 Å². The minimum absolute atomic E-state index is 0.0682. The Morgan fingerprint density at radius 1 is 1.00 bits per heavy atom. The number of fused-ring (bicyclic) bond motifs is 1. The van der Waals surface area contributed by atoms with E-state index in [4.69, 9.17) is 4.74 Å². The van der Waals surface area contributed by atoms with Crippen LogP contribution in [-0.2, 0) is 4.79 Å². The summed E-state index contributed by atoms with van der Waals surface area (Å²) in [6.07, 6.45) is 4.10. The maximum absolute atomic E-state index is 13.2. The lowest BCUT2D eigenvalue weighted by atomic mass is 9.96. The smallest absolute Gasteiger partial charge is 0.226 e. The van der Waals surface area contributed by atoms with Crippen LogP contribution >= 0.6 is 0 Å². The van der Waals surface area contributed by atoms with Crippen LogP contribution in [0, 0.1) is 0 Å². The molecule has 33 heavy (non-hydrogen) atoms. The van der Waals surface area contributed by atoms with Gasteiger partial charge in [0.2, 0.25) is 5.91 Å². The topological polar surface area (TPSA) is 91.4 Å². The van der Waals surface area contributed by atoms with Crippen molar-refractivity contribution in [2.75, 3.05) is 12.4 Å². The van der Waals surface area contributed by atoms with Crippen LogP contribution in [-0.4, -0.2) is 17.6 Å². The van der Waals surface area contributed by atoms with E-state index in [1.807, 2.05) is 60.9 Å². The number of ether oxygens (including phenoxy) is 1. The Hall–Kier alpha value is -3.69. The fourth-order valence-electron chi connectivity index (χ4n) is 4.31. The molecule has 0 saturated carbocycles. The minimum Gasteiger partial charge on any atom is -0.496 e. The van der Waals surface area contributed by atoms with Gasteiger partial charge in [-0.25, -0.2) is 10.9 Å². The van der Waals surface area contributed by atoms with Crippen molar-refractivity contribution in [3.05, 3.63) is 96.3 Å². The molecular formula is C25H26N6O2. The molecule has 5 rings (SSSR count). The third-order valence-corrected chi connectivity index (χ3v) is 5.87. The summed E-state index contributed by atoms with van der Waals surface area (Å²) in [5.41, 5.74) is 14.4. The predicted molar refractivity (Wildman–Crippen MR) is 128 cm³/mol. The first kappa shape index (κ1) is 21.2. The summed E-state index contributed by atoms with van der Waals surface area (Å²) in [5, 5.41) is 5.37. The molecule has 0 radical (unpaired) electrons. The summed E-state index contributed by atoms with van der Waals surface area (Å²) in [6.45, 7) is 0. The molecule has 1 aliphatic heterocycles. The summed E-state index contributed by atoms with van der Waals surface area (Å²) in [5.74, 6) is 0.644. The van der Waals surface area contributed by atoms with Gasteiger partial charge >= 0.3 is 0 Å². The van der Waals surface area contributed by atoms with Crippen LogP contribution in [0.1, 0.15) is 29.8 Å². The number of nitrogens with zero attached hydrogens (tertiary/aromatic N) is 1. The second kappa shape index (κ2) is 9.43. The normalized spacial score (nSPS) is 14.9. The number of hydrogen-bond donors (Lipinski definition) is 5. The number of anilines is 1. The number of hydrazine groups is 3. The van der Waals surface area contributed by atoms with Crippen LogP contribution in [0.3, 0.4) is 0 Å². The van der Waals surface area contributed by atoms with Crippen LogP contribution < -0.4 is 32.0 Å². The van der Waals surface area contributed by atoms with Crippen molar-refractivity contribution in [3.63, 3.8) is 0 Å². The second-order valence-electron chi connectivity index (χ2n) is 7.90. The quantitative estimate of drug-likeness (QED) is 0.301. The third-order valence-electron chi connectivity index (χ3n) is 5.87. The lowest BCUT2D eigenvalue weighted by Crippen LogP contribution is -2.33. The highest BCUT2D eigenvalue weighted by molar-refractivity contribution is 5.92. The van der Waals surface area contributed by atoms with Crippen LogP contribution in [0.5, 0.6) is 5.75 Å². The molecule has 2 heterocycles.